The second kappa shape index (κ2) is 8.75. The van der Waals surface area contributed by atoms with Gasteiger partial charge in [0.25, 0.3) is 0 Å². The molecule has 0 aromatic heterocycles. The average molecular weight is 563 g/mol. The van der Waals surface area contributed by atoms with E-state index in [1.165, 1.54) is 0 Å². The maximum absolute atomic E-state index is 13.5. The fourth-order valence-corrected chi connectivity index (χ4v) is 6.25. The van der Waals surface area contributed by atoms with E-state index in [-0.39, 0.29) is 28.3 Å². The number of Topliss-reactive ketones (excluding diaryl/α,β-unsaturated/α-hetero) is 2. The molecule has 6 heteroatoms. The summed E-state index contributed by atoms with van der Waals surface area (Å²) >= 11 is 2.27. The minimum absolute atomic E-state index is 0.107. The van der Waals surface area contributed by atoms with E-state index in [0.717, 1.165) is 50.9 Å². The number of benzene rings is 1. The van der Waals surface area contributed by atoms with Crippen molar-refractivity contribution in [2.75, 3.05) is 13.7 Å². The molecule has 5 nitrogen and oxygen atoms in total. The lowest BCUT2D eigenvalue weighted by molar-refractivity contribution is -0.119. The van der Waals surface area contributed by atoms with Gasteiger partial charge in [0, 0.05) is 41.3 Å². The van der Waals surface area contributed by atoms with Crippen LogP contribution in [-0.2, 0) is 9.59 Å². The van der Waals surface area contributed by atoms with Gasteiger partial charge in [-0.3, -0.25) is 9.59 Å². The number of nitrogens with one attached hydrogen (secondary N) is 1. The van der Waals surface area contributed by atoms with Crippen LogP contribution >= 0.6 is 22.6 Å². The van der Waals surface area contributed by atoms with Crippen molar-refractivity contribution >= 4 is 34.2 Å². The number of rotatable bonds is 5. The Morgan fingerprint density at radius 3 is 2.00 bits per heavy atom. The molecule has 1 aromatic carbocycles. The molecule has 0 atom stereocenters. The number of carbonyl (C=O) groups is 2. The fourth-order valence-electron chi connectivity index (χ4n) is 5.47. The summed E-state index contributed by atoms with van der Waals surface area (Å²) in [6.07, 6.45) is 3.45. The van der Waals surface area contributed by atoms with E-state index in [1.807, 2.05) is 6.07 Å². The predicted molar refractivity (Wildman–Crippen MR) is 137 cm³/mol. The van der Waals surface area contributed by atoms with Gasteiger partial charge >= 0.3 is 0 Å². The van der Waals surface area contributed by atoms with Crippen LogP contribution in [0.25, 0.3) is 0 Å². The molecule has 0 saturated carbocycles. The van der Waals surface area contributed by atoms with Crippen LogP contribution in [0.3, 0.4) is 0 Å². The van der Waals surface area contributed by atoms with Gasteiger partial charge < -0.3 is 14.8 Å². The molecule has 1 aromatic rings. The van der Waals surface area contributed by atoms with Gasteiger partial charge in [0.15, 0.2) is 23.1 Å². The van der Waals surface area contributed by atoms with Crippen molar-refractivity contribution in [1.82, 2.24) is 5.32 Å². The molecule has 0 spiro atoms. The molecule has 1 aliphatic heterocycles. The second-order valence-corrected chi connectivity index (χ2v) is 12.3. The molecule has 0 amide bonds. The van der Waals surface area contributed by atoms with E-state index in [0.29, 0.717) is 30.9 Å². The lowest BCUT2D eigenvalue weighted by Gasteiger charge is -2.44. The monoisotopic (exact) mass is 563 g/mol. The van der Waals surface area contributed by atoms with Gasteiger partial charge in [-0.2, -0.15) is 0 Å². The largest absolute Gasteiger partial charge is 0.493 e. The Labute approximate surface area is 210 Å². The number of methoxy groups -OCH3 is 1. The zero-order valence-electron chi connectivity index (χ0n) is 20.5. The molecule has 33 heavy (non-hydrogen) atoms. The Bertz CT molecular complexity index is 1030. The lowest BCUT2D eigenvalue weighted by atomic mass is 9.64. The molecule has 4 rings (SSSR count). The molecule has 0 fully saturated rings. The molecule has 0 bridgehead atoms. The fraction of sp³-hybridized carbons (Fsp3) is 0.556. The van der Waals surface area contributed by atoms with Crippen molar-refractivity contribution in [2.45, 2.75) is 72.6 Å². The van der Waals surface area contributed by atoms with Gasteiger partial charge in [-0.25, -0.2) is 0 Å². The van der Waals surface area contributed by atoms with Crippen LogP contribution in [-0.4, -0.2) is 25.3 Å². The number of ketones is 2. The number of dihydropyridines is 1. The van der Waals surface area contributed by atoms with Crippen LogP contribution in [0.4, 0.5) is 0 Å². The van der Waals surface area contributed by atoms with Crippen LogP contribution in [0.15, 0.2) is 34.7 Å². The minimum Gasteiger partial charge on any atom is -0.493 e. The molecular formula is C27H34INO4. The van der Waals surface area contributed by atoms with Crippen molar-refractivity contribution in [2.24, 2.45) is 10.8 Å². The van der Waals surface area contributed by atoms with Crippen LogP contribution in [0, 0.1) is 14.4 Å². The zero-order chi connectivity index (χ0) is 24.1. The Hall–Kier alpha value is -1.83. The normalized spacial score (nSPS) is 22.0. The lowest BCUT2D eigenvalue weighted by Crippen LogP contribution is -2.42. The van der Waals surface area contributed by atoms with E-state index >= 15 is 0 Å². The summed E-state index contributed by atoms with van der Waals surface area (Å²) in [5.41, 5.74) is 4.16. The molecule has 0 unspecified atom stereocenters. The third-order valence-corrected chi connectivity index (χ3v) is 7.56. The van der Waals surface area contributed by atoms with E-state index in [9.17, 15) is 9.59 Å². The summed E-state index contributed by atoms with van der Waals surface area (Å²) in [5, 5.41) is 3.57. The maximum atomic E-state index is 13.5. The highest BCUT2D eigenvalue weighted by Gasteiger charge is 2.46. The molecule has 1 heterocycles. The summed E-state index contributed by atoms with van der Waals surface area (Å²) in [6, 6.07) is 4.01. The number of allylic oxidation sites excluding steroid dienone is 4. The third-order valence-electron chi connectivity index (χ3n) is 6.75. The highest BCUT2D eigenvalue weighted by molar-refractivity contribution is 14.1. The predicted octanol–water partition coefficient (Wildman–Crippen LogP) is 6.06. The Balaban J connectivity index is 1.91. The first-order valence-corrected chi connectivity index (χ1v) is 12.8. The van der Waals surface area contributed by atoms with Crippen LogP contribution < -0.4 is 14.8 Å². The first kappa shape index (κ1) is 24.3. The SMILES string of the molecule is CCCOc1c(I)cc(C2C3=C(CC(C)(C)CC3=O)NC3=C2C(=O)CC(C)(C)C3)cc1OC. The summed E-state index contributed by atoms with van der Waals surface area (Å²) in [5.74, 6) is 1.24. The summed E-state index contributed by atoms with van der Waals surface area (Å²) in [4.78, 5) is 27.0. The molecule has 178 valence electrons. The highest BCUT2D eigenvalue weighted by Crippen LogP contribution is 2.52. The van der Waals surface area contributed by atoms with E-state index in [2.05, 4.69) is 68.6 Å². The van der Waals surface area contributed by atoms with E-state index in [4.69, 9.17) is 9.47 Å². The molecule has 2 aliphatic carbocycles. The van der Waals surface area contributed by atoms with Crippen molar-refractivity contribution in [3.63, 3.8) is 0 Å². The van der Waals surface area contributed by atoms with Gasteiger partial charge in [-0.1, -0.05) is 34.6 Å². The Morgan fingerprint density at radius 2 is 1.52 bits per heavy atom. The summed E-state index contributed by atoms with van der Waals surface area (Å²) in [7, 11) is 1.63. The number of halogens is 1. The second-order valence-electron chi connectivity index (χ2n) is 11.1. The Kier molecular flexibility index (Phi) is 6.44. The molecule has 1 N–H and O–H groups in total. The van der Waals surface area contributed by atoms with Crippen LogP contribution in [0.1, 0.15) is 78.2 Å². The molecule has 0 saturated heterocycles. The quantitative estimate of drug-likeness (QED) is 0.442. The Morgan fingerprint density at radius 1 is 0.970 bits per heavy atom. The topological polar surface area (TPSA) is 64.6 Å². The summed E-state index contributed by atoms with van der Waals surface area (Å²) < 4.78 is 12.6. The van der Waals surface area contributed by atoms with Gasteiger partial charge in [0.2, 0.25) is 0 Å². The number of ether oxygens (including phenoxy) is 2. The van der Waals surface area contributed by atoms with Crippen LogP contribution in [0.5, 0.6) is 11.5 Å². The minimum atomic E-state index is -0.369. The van der Waals surface area contributed by atoms with Gasteiger partial charge in [-0.05, 0) is 70.4 Å². The number of carbonyl (C=O) groups excluding carboxylic acids is 2. The highest BCUT2D eigenvalue weighted by atomic mass is 127. The van der Waals surface area contributed by atoms with Crippen molar-refractivity contribution in [1.29, 1.82) is 0 Å². The van der Waals surface area contributed by atoms with Crippen molar-refractivity contribution in [3.05, 3.63) is 43.8 Å². The van der Waals surface area contributed by atoms with Gasteiger partial charge in [0.1, 0.15) is 0 Å². The molecule has 3 aliphatic rings. The van der Waals surface area contributed by atoms with E-state index < -0.39 is 0 Å². The molecule has 0 radical (unpaired) electrons. The zero-order valence-corrected chi connectivity index (χ0v) is 22.6. The van der Waals surface area contributed by atoms with E-state index in [1.54, 1.807) is 7.11 Å². The summed E-state index contributed by atoms with van der Waals surface area (Å²) in [6.45, 7) is 11.2. The average Bonchev–Trinajstić information content (AvgIpc) is 2.68. The van der Waals surface area contributed by atoms with Crippen molar-refractivity contribution < 1.29 is 19.1 Å². The first-order valence-electron chi connectivity index (χ1n) is 11.8. The standard InChI is InChI=1S/C27H34INO4/c1-7-8-33-25-16(28)9-15(10-21(25)32-6)22-23-17(11-26(2,3)13-19(23)30)29-18-12-27(4,5)14-20(31)24(18)22/h9-10,22,29H,7-8,11-14H2,1-6H3. The van der Waals surface area contributed by atoms with Crippen LogP contribution in [0.2, 0.25) is 0 Å². The first-order chi connectivity index (χ1) is 15.5. The maximum Gasteiger partial charge on any atom is 0.174 e. The van der Waals surface area contributed by atoms with Crippen molar-refractivity contribution in [3.8, 4) is 11.5 Å². The van der Waals surface area contributed by atoms with Gasteiger partial charge in [-0.15, -0.1) is 0 Å². The molecular weight excluding hydrogens is 529 g/mol. The number of hydrogen-bond acceptors (Lipinski definition) is 5. The third kappa shape index (κ3) is 4.60. The van der Waals surface area contributed by atoms with Gasteiger partial charge in [0.05, 0.1) is 17.3 Å². The smallest absolute Gasteiger partial charge is 0.174 e. The number of hydrogen-bond donors (Lipinski definition) is 1.